The second-order valence-corrected chi connectivity index (χ2v) is 13.3. The highest BCUT2D eigenvalue weighted by Gasteiger charge is 2.33. The first-order valence-electron chi connectivity index (χ1n) is 15.1. The van der Waals surface area contributed by atoms with Crippen LogP contribution in [0.15, 0.2) is 109 Å². The van der Waals surface area contributed by atoms with Gasteiger partial charge in [-0.05, 0) is 65.6 Å². The molecule has 4 aromatic rings. The Morgan fingerprint density at radius 1 is 0.783 bits per heavy atom. The number of hydrogen-bond donors (Lipinski definition) is 1. The van der Waals surface area contributed by atoms with Crippen LogP contribution in [0, 0.1) is 5.92 Å². The zero-order chi connectivity index (χ0) is 33.1. The number of para-hydroxylation sites is 1. The SMILES string of the molecule is COc1cccc(CN(C(=O)CN(c2ccc(Oc3ccccc3)cc2)S(C)(=O)=O)[C@@H](Cc2ccccc2)C(=O)NCC(C)C)c1. The van der Waals surface area contributed by atoms with E-state index in [-0.39, 0.29) is 24.8 Å². The number of benzene rings is 4. The number of ether oxygens (including phenoxy) is 2. The van der Waals surface area contributed by atoms with Gasteiger partial charge in [0.05, 0.1) is 19.1 Å². The van der Waals surface area contributed by atoms with Gasteiger partial charge in [-0.25, -0.2) is 8.42 Å². The van der Waals surface area contributed by atoms with E-state index in [4.69, 9.17) is 9.47 Å². The summed E-state index contributed by atoms with van der Waals surface area (Å²) in [7, 11) is -2.35. The fraction of sp³-hybridized carbons (Fsp3) is 0.278. The van der Waals surface area contributed by atoms with Gasteiger partial charge in [-0.15, -0.1) is 0 Å². The zero-order valence-electron chi connectivity index (χ0n) is 26.6. The van der Waals surface area contributed by atoms with E-state index >= 15 is 0 Å². The summed E-state index contributed by atoms with van der Waals surface area (Å²) in [6, 6.07) is 31.5. The first-order chi connectivity index (χ1) is 22.0. The van der Waals surface area contributed by atoms with Crippen LogP contribution in [-0.4, -0.2) is 57.6 Å². The van der Waals surface area contributed by atoms with Crippen molar-refractivity contribution in [2.45, 2.75) is 32.9 Å². The lowest BCUT2D eigenvalue weighted by Gasteiger charge is -2.33. The number of carbonyl (C=O) groups is 2. The predicted molar refractivity (Wildman–Crippen MR) is 180 cm³/mol. The number of anilines is 1. The maximum absolute atomic E-state index is 14.3. The molecular weight excluding hydrogens is 602 g/mol. The van der Waals surface area contributed by atoms with E-state index in [0.717, 1.165) is 21.7 Å². The second-order valence-electron chi connectivity index (χ2n) is 11.4. The van der Waals surface area contributed by atoms with E-state index in [0.29, 0.717) is 29.5 Å². The Kier molecular flexibility index (Phi) is 11.8. The molecule has 1 atom stereocenters. The van der Waals surface area contributed by atoms with Gasteiger partial charge in [-0.3, -0.25) is 13.9 Å². The molecular formula is C36H41N3O6S. The third kappa shape index (κ3) is 9.84. The van der Waals surface area contributed by atoms with Gasteiger partial charge >= 0.3 is 0 Å². The van der Waals surface area contributed by atoms with E-state index in [1.165, 1.54) is 4.90 Å². The smallest absolute Gasteiger partial charge is 0.244 e. The Morgan fingerprint density at radius 2 is 1.37 bits per heavy atom. The predicted octanol–water partition coefficient (Wildman–Crippen LogP) is 5.67. The van der Waals surface area contributed by atoms with Crippen molar-refractivity contribution < 1.29 is 27.5 Å². The lowest BCUT2D eigenvalue weighted by atomic mass is 10.0. The summed E-state index contributed by atoms with van der Waals surface area (Å²) >= 11 is 0. The molecule has 0 saturated carbocycles. The van der Waals surface area contributed by atoms with E-state index in [1.54, 1.807) is 43.5 Å². The molecule has 0 fully saturated rings. The summed E-state index contributed by atoms with van der Waals surface area (Å²) in [6.45, 7) is 3.96. The average molecular weight is 644 g/mol. The van der Waals surface area contributed by atoms with Crippen molar-refractivity contribution in [1.82, 2.24) is 10.2 Å². The number of hydrogen-bond acceptors (Lipinski definition) is 6. The molecule has 0 unspecified atom stereocenters. The van der Waals surface area contributed by atoms with Crippen molar-refractivity contribution in [2.24, 2.45) is 5.92 Å². The lowest BCUT2D eigenvalue weighted by Crippen LogP contribution is -2.53. The maximum atomic E-state index is 14.3. The number of nitrogens with one attached hydrogen (secondary N) is 1. The Morgan fingerprint density at radius 3 is 1.98 bits per heavy atom. The van der Waals surface area contributed by atoms with Crippen LogP contribution in [0.25, 0.3) is 0 Å². The van der Waals surface area contributed by atoms with Crippen molar-refractivity contribution >= 4 is 27.5 Å². The van der Waals surface area contributed by atoms with Gasteiger partial charge in [-0.2, -0.15) is 0 Å². The molecule has 4 rings (SSSR count). The van der Waals surface area contributed by atoms with Gasteiger partial charge in [0, 0.05) is 19.5 Å². The third-order valence-corrected chi connectivity index (χ3v) is 8.37. The highest BCUT2D eigenvalue weighted by Crippen LogP contribution is 2.26. The van der Waals surface area contributed by atoms with Gasteiger partial charge in [-0.1, -0.05) is 74.5 Å². The number of nitrogens with zero attached hydrogens (tertiary/aromatic N) is 2. The molecule has 0 heterocycles. The summed E-state index contributed by atoms with van der Waals surface area (Å²) in [4.78, 5) is 29.5. The first kappa shape index (κ1) is 34.1. The van der Waals surface area contributed by atoms with Crippen LogP contribution in [0.4, 0.5) is 5.69 Å². The fourth-order valence-corrected chi connectivity index (χ4v) is 5.71. The van der Waals surface area contributed by atoms with Crippen LogP contribution in [0.2, 0.25) is 0 Å². The van der Waals surface area contributed by atoms with Gasteiger partial charge in [0.15, 0.2) is 0 Å². The van der Waals surface area contributed by atoms with Crippen molar-refractivity contribution in [3.63, 3.8) is 0 Å². The molecule has 9 nitrogen and oxygen atoms in total. The molecule has 0 aromatic heterocycles. The maximum Gasteiger partial charge on any atom is 0.244 e. The number of rotatable bonds is 15. The third-order valence-electron chi connectivity index (χ3n) is 7.23. The fourth-order valence-electron chi connectivity index (χ4n) is 4.86. The van der Waals surface area contributed by atoms with Crippen molar-refractivity contribution in [3.8, 4) is 17.2 Å². The standard InChI is InChI=1S/C36H41N3O6S/c1-27(2)24-37-36(41)34(23-28-12-7-5-8-13-28)38(25-29-14-11-17-33(22-29)44-3)35(40)26-39(46(4,42)43)30-18-20-32(21-19-30)45-31-15-9-6-10-16-31/h5-22,27,34H,23-26H2,1-4H3,(H,37,41)/t34-/m0/s1. The van der Waals surface area contributed by atoms with Crippen molar-refractivity contribution in [3.05, 3.63) is 120 Å². The molecule has 0 spiro atoms. The number of methoxy groups -OCH3 is 1. The molecule has 10 heteroatoms. The molecule has 0 aliphatic heterocycles. The largest absolute Gasteiger partial charge is 0.497 e. The molecule has 1 N–H and O–H groups in total. The molecule has 2 amide bonds. The molecule has 0 aliphatic carbocycles. The van der Waals surface area contributed by atoms with Gasteiger partial charge in [0.1, 0.15) is 29.8 Å². The van der Waals surface area contributed by atoms with E-state index in [1.807, 2.05) is 86.6 Å². The zero-order valence-corrected chi connectivity index (χ0v) is 27.4. The Bertz CT molecular complexity index is 1680. The molecule has 0 aliphatic rings. The summed E-state index contributed by atoms with van der Waals surface area (Å²) in [6.07, 6.45) is 1.29. The first-order valence-corrected chi connectivity index (χ1v) is 16.9. The van der Waals surface area contributed by atoms with Crippen LogP contribution in [0.3, 0.4) is 0 Å². The molecule has 242 valence electrons. The molecule has 46 heavy (non-hydrogen) atoms. The average Bonchev–Trinajstić information content (AvgIpc) is 3.05. The van der Waals surface area contributed by atoms with Crippen LogP contribution < -0.4 is 19.1 Å². The Balaban J connectivity index is 1.68. The molecule has 4 aromatic carbocycles. The van der Waals surface area contributed by atoms with E-state index in [2.05, 4.69) is 5.32 Å². The Labute approximate surface area is 271 Å². The highest BCUT2D eigenvalue weighted by atomic mass is 32.2. The lowest BCUT2D eigenvalue weighted by molar-refractivity contribution is -0.140. The topological polar surface area (TPSA) is 105 Å². The second kappa shape index (κ2) is 15.9. The van der Waals surface area contributed by atoms with Gasteiger partial charge < -0.3 is 19.7 Å². The summed E-state index contributed by atoms with van der Waals surface area (Å²) in [5.41, 5.74) is 1.89. The molecule has 0 saturated heterocycles. The van der Waals surface area contributed by atoms with E-state index in [9.17, 15) is 18.0 Å². The minimum absolute atomic E-state index is 0.0596. The summed E-state index contributed by atoms with van der Waals surface area (Å²) < 4.78 is 38.5. The number of carbonyl (C=O) groups excluding carboxylic acids is 2. The highest BCUT2D eigenvalue weighted by molar-refractivity contribution is 7.92. The quantitative estimate of drug-likeness (QED) is 0.179. The van der Waals surface area contributed by atoms with Gasteiger partial charge in [0.2, 0.25) is 21.8 Å². The summed E-state index contributed by atoms with van der Waals surface area (Å²) in [5, 5.41) is 2.98. The normalized spacial score (nSPS) is 11.8. The van der Waals surface area contributed by atoms with Crippen LogP contribution >= 0.6 is 0 Å². The van der Waals surface area contributed by atoms with Crippen LogP contribution in [0.5, 0.6) is 17.2 Å². The minimum Gasteiger partial charge on any atom is -0.497 e. The van der Waals surface area contributed by atoms with Crippen LogP contribution in [-0.2, 0) is 32.6 Å². The minimum atomic E-state index is -3.90. The molecule has 0 radical (unpaired) electrons. The van der Waals surface area contributed by atoms with Crippen molar-refractivity contribution in [2.75, 3.05) is 30.8 Å². The van der Waals surface area contributed by atoms with Crippen LogP contribution in [0.1, 0.15) is 25.0 Å². The molecule has 0 bridgehead atoms. The summed E-state index contributed by atoms with van der Waals surface area (Å²) in [5.74, 6) is 1.10. The van der Waals surface area contributed by atoms with E-state index < -0.39 is 28.5 Å². The monoisotopic (exact) mass is 643 g/mol. The number of sulfonamides is 1. The number of amides is 2. The Hall–Kier alpha value is -4.83. The van der Waals surface area contributed by atoms with Gasteiger partial charge in [0.25, 0.3) is 0 Å². The van der Waals surface area contributed by atoms with Crippen molar-refractivity contribution in [1.29, 1.82) is 0 Å².